The molecule has 0 heterocycles. The van der Waals surface area contributed by atoms with E-state index in [1.165, 1.54) is 12.8 Å². The van der Waals surface area contributed by atoms with E-state index >= 15 is 0 Å². The van der Waals surface area contributed by atoms with Gasteiger partial charge in [-0.25, -0.2) is 0 Å². The minimum Gasteiger partial charge on any atom is -0.398 e. The molecule has 1 nitrogen and oxygen atoms in total. The molecule has 0 aliphatic heterocycles. The number of rotatable bonds is 3. The highest BCUT2D eigenvalue weighted by Gasteiger charge is 1.92. The maximum Gasteiger partial charge on any atom is 0.0360 e. The fraction of sp³-hybridized carbons (Fsp3) is 0.385. The van der Waals surface area contributed by atoms with Crippen molar-refractivity contribution >= 4 is 5.69 Å². The third-order valence-electron chi connectivity index (χ3n) is 2.11. The summed E-state index contributed by atoms with van der Waals surface area (Å²) in [6, 6.07) is 7.90. The van der Waals surface area contributed by atoms with Crippen molar-refractivity contribution in [3.05, 3.63) is 29.8 Å². The minimum absolute atomic E-state index is 0.774. The van der Waals surface area contributed by atoms with Crippen LogP contribution in [0.15, 0.2) is 24.3 Å². The number of anilines is 1. The molecule has 74 valence electrons. The van der Waals surface area contributed by atoms with Crippen molar-refractivity contribution in [1.29, 1.82) is 0 Å². The van der Waals surface area contributed by atoms with Crippen molar-refractivity contribution in [2.45, 2.75) is 32.6 Å². The molecule has 0 aliphatic rings. The molecule has 14 heavy (non-hydrogen) atoms. The first kappa shape index (κ1) is 10.7. The van der Waals surface area contributed by atoms with Crippen molar-refractivity contribution in [3.63, 3.8) is 0 Å². The topological polar surface area (TPSA) is 26.0 Å². The van der Waals surface area contributed by atoms with Crippen LogP contribution < -0.4 is 5.73 Å². The molecule has 0 atom stereocenters. The fourth-order valence-corrected chi connectivity index (χ4v) is 1.21. The average molecular weight is 187 g/mol. The largest absolute Gasteiger partial charge is 0.398 e. The van der Waals surface area contributed by atoms with Gasteiger partial charge < -0.3 is 5.73 Å². The zero-order chi connectivity index (χ0) is 10.2. The summed E-state index contributed by atoms with van der Waals surface area (Å²) in [5.41, 5.74) is 7.77. The molecule has 0 saturated heterocycles. The second-order valence-electron chi connectivity index (χ2n) is 3.33. The number of nitrogens with two attached hydrogens (primary N) is 1. The molecule has 0 bridgehead atoms. The van der Waals surface area contributed by atoms with Crippen LogP contribution in [0.2, 0.25) is 0 Å². The first-order valence-corrected chi connectivity index (χ1v) is 5.13. The molecular weight excluding hydrogens is 170 g/mol. The molecule has 0 spiro atoms. The van der Waals surface area contributed by atoms with Gasteiger partial charge in [-0.15, -0.1) is 5.92 Å². The van der Waals surface area contributed by atoms with Crippen LogP contribution in [-0.2, 0) is 6.42 Å². The molecule has 1 aromatic carbocycles. The lowest BCUT2D eigenvalue weighted by Crippen LogP contribution is -1.91. The van der Waals surface area contributed by atoms with Gasteiger partial charge in [0.25, 0.3) is 0 Å². The Morgan fingerprint density at radius 2 is 2.00 bits per heavy atom. The summed E-state index contributed by atoms with van der Waals surface area (Å²) in [6.45, 7) is 2.18. The highest BCUT2D eigenvalue weighted by molar-refractivity contribution is 5.47. The van der Waals surface area contributed by atoms with Crippen molar-refractivity contribution < 1.29 is 0 Å². The predicted molar refractivity (Wildman–Crippen MR) is 61.9 cm³/mol. The van der Waals surface area contributed by atoms with Gasteiger partial charge in [0, 0.05) is 18.5 Å². The highest BCUT2D eigenvalue weighted by Crippen LogP contribution is 2.10. The molecule has 0 unspecified atom stereocenters. The van der Waals surface area contributed by atoms with Gasteiger partial charge in [0.15, 0.2) is 0 Å². The van der Waals surface area contributed by atoms with Gasteiger partial charge in [-0.2, -0.15) is 0 Å². The molecule has 0 fully saturated rings. The van der Waals surface area contributed by atoms with Crippen LogP contribution in [0.5, 0.6) is 0 Å². The van der Waals surface area contributed by atoms with Crippen LogP contribution in [0.3, 0.4) is 0 Å². The first-order chi connectivity index (χ1) is 6.84. The van der Waals surface area contributed by atoms with Gasteiger partial charge in [0.1, 0.15) is 0 Å². The number of unbranched alkanes of at least 4 members (excludes halogenated alkanes) is 2. The normalized spacial score (nSPS) is 9.21. The maximum absolute atomic E-state index is 5.79. The molecule has 0 saturated carbocycles. The van der Waals surface area contributed by atoms with E-state index in [-0.39, 0.29) is 0 Å². The van der Waals surface area contributed by atoms with Crippen LogP contribution in [0.1, 0.15) is 31.7 Å². The van der Waals surface area contributed by atoms with E-state index in [1.807, 2.05) is 24.3 Å². The Labute approximate surface area is 86.3 Å². The van der Waals surface area contributed by atoms with Crippen molar-refractivity contribution in [2.75, 3.05) is 5.73 Å². The summed E-state index contributed by atoms with van der Waals surface area (Å²) in [5.74, 6) is 6.30. The predicted octanol–water partition coefficient (Wildman–Crippen LogP) is 3.00. The number of hydrogen-bond acceptors (Lipinski definition) is 1. The quantitative estimate of drug-likeness (QED) is 0.439. The van der Waals surface area contributed by atoms with Crippen LogP contribution in [0, 0.1) is 11.8 Å². The fourth-order valence-electron chi connectivity index (χ4n) is 1.21. The van der Waals surface area contributed by atoms with E-state index in [4.69, 9.17) is 5.73 Å². The number of hydrogen-bond donors (Lipinski definition) is 1. The van der Waals surface area contributed by atoms with Crippen molar-refractivity contribution in [3.8, 4) is 11.8 Å². The Bertz CT molecular complexity index is 331. The molecule has 0 aromatic heterocycles. The lowest BCUT2D eigenvalue weighted by molar-refractivity contribution is 0.827. The van der Waals surface area contributed by atoms with Crippen LogP contribution in [0.4, 0.5) is 5.69 Å². The zero-order valence-corrected chi connectivity index (χ0v) is 8.72. The summed E-state index contributed by atoms with van der Waals surface area (Å²) in [6.07, 6.45) is 4.18. The Morgan fingerprint density at radius 1 is 1.21 bits per heavy atom. The monoisotopic (exact) mass is 187 g/mol. The first-order valence-electron chi connectivity index (χ1n) is 5.13. The van der Waals surface area contributed by atoms with Crippen LogP contribution in [-0.4, -0.2) is 0 Å². The molecule has 0 aliphatic carbocycles. The summed E-state index contributed by atoms with van der Waals surface area (Å²) in [4.78, 5) is 0. The van der Waals surface area contributed by atoms with E-state index in [9.17, 15) is 0 Å². The third-order valence-corrected chi connectivity index (χ3v) is 2.11. The van der Waals surface area contributed by atoms with E-state index in [2.05, 4.69) is 18.8 Å². The van der Waals surface area contributed by atoms with Gasteiger partial charge in [0.2, 0.25) is 0 Å². The van der Waals surface area contributed by atoms with Crippen LogP contribution in [0.25, 0.3) is 0 Å². The van der Waals surface area contributed by atoms with E-state index in [0.29, 0.717) is 0 Å². The maximum atomic E-state index is 5.79. The Morgan fingerprint density at radius 3 is 2.71 bits per heavy atom. The Kier molecular flexibility index (Phi) is 4.64. The van der Waals surface area contributed by atoms with Gasteiger partial charge in [-0.3, -0.25) is 0 Å². The molecule has 1 heteroatoms. The van der Waals surface area contributed by atoms with Crippen LogP contribution >= 0.6 is 0 Å². The van der Waals surface area contributed by atoms with E-state index < -0.39 is 0 Å². The number of nitrogen functional groups attached to an aromatic ring is 1. The molecule has 0 amide bonds. The standard InChI is InChI=1S/C13H17N/c1-2-3-4-5-6-9-12-10-7-8-11-13(12)14/h7-8,10-11H,2-4,9,14H2,1H3. The van der Waals surface area contributed by atoms with Gasteiger partial charge in [0.05, 0.1) is 0 Å². The molecular formula is C13H17N. The van der Waals surface area contributed by atoms with Crippen molar-refractivity contribution in [1.82, 2.24) is 0 Å². The smallest absolute Gasteiger partial charge is 0.0360 e. The Hall–Kier alpha value is -1.42. The minimum atomic E-state index is 0.774. The van der Waals surface area contributed by atoms with Crippen molar-refractivity contribution in [2.24, 2.45) is 0 Å². The van der Waals surface area contributed by atoms with E-state index in [1.54, 1.807) is 0 Å². The van der Waals surface area contributed by atoms with Gasteiger partial charge in [-0.1, -0.05) is 37.5 Å². The average Bonchev–Trinajstić information content (AvgIpc) is 2.20. The third kappa shape index (κ3) is 3.53. The molecule has 1 rings (SSSR count). The summed E-state index contributed by atoms with van der Waals surface area (Å²) < 4.78 is 0. The lowest BCUT2D eigenvalue weighted by Gasteiger charge is -1.98. The SMILES string of the molecule is CCCCC#CCc1ccccc1N. The summed E-state index contributed by atoms with van der Waals surface area (Å²) >= 11 is 0. The van der Waals surface area contributed by atoms with Gasteiger partial charge in [-0.05, 0) is 18.1 Å². The summed E-state index contributed by atoms with van der Waals surface area (Å²) in [7, 11) is 0. The van der Waals surface area contributed by atoms with E-state index in [0.717, 1.165) is 24.1 Å². The highest BCUT2D eigenvalue weighted by atomic mass is 14.5. The zero-order valence-electron chi connectivity index (χ0n) is 8.72. The number of para-hydroxylation sites is 1. The second-order valence-corrected chi connectivity index (χ2v) is 3.33. The molecule has 1 aromatic rings. The lowest BCUT2D eigenvalue weighted by atomic mass is 10.1. The molecule has 0 radical (unpaired) electrons. The summed E-state index contributed by atoms with van der Waals surface area (Å²) in [5, 5.41) is 0. The molecule has 2 N–H and O–H groups in total. The second kappa shape index (κ2) is 6.10. The number of benzene rings is 1. The Balaban J connectivity index is 2.44. The van der Waals surface area contributed by atoms with Gasteiger partial charge >= 0.3 is 0 Å².